The van der Waals surface area contributed by atoms with Gasteiger partial charge in [-0.2, -0.15) is 11.8 Å². The zero-order chi connectivity index (χ0) is 15.4. The minimum absolute atomic E-state index is 0.0442. The summed E-state index contributed by atoms with van der Waals surface area (Å²) in [6, 6.07) is 8.11. The summed E-state index contributed by atoms with van der Waals surface area (Å²) in [5.41, 5.74) is 2.08. The van der Waals surface area contributed by atoms with Gasteiger partial charge < -0.3 is 19.9 Å². The Bertz CT molecular complexity index is 503. The molecule has 1 aromatic rings. The standard InChI is InChI=1S/C16H23N3O2S/c1-13-12-19(6-9-21-13)16(20)17-14-2-4-15(5-3-14)18-7-10-22-11-8-18/h2-5,13H,6-12H2,1H3,(H,17,20)/t13-/m0/s1. The van der Waals surface area contributed by atoms with Crippen molar-refractivity contribution in [3.63, 3.8) is 0 Å². The first-order valence-electron chi connectivity index (χ1n) is 7.82. The number of benzene rings is 1. The van der Waals surface area contributed by atoms with Crippen LogP contribution in [0.5, 0.6) is 0 Å². The topological polar surface area (TPSA) is 44.8 Å². The molecular weight excluding hydrogens is 298 g/mol. The molecule has 2 saturated heterocycles. The second-order valence-electron chi connectivity index (χ2n) is 5.70. The van der Waals surface area contributed by atoms with Crippen molar-refractivity contribution in [3.05, 3.63) is 24.3 Å². The molecule has 0 spiro atoms. The van der Waals surface area contributed by atoms with Crippen molar-refractivity contribution >= 4 is 29.2 Å². The summed E-state index contributed by atoms with van der Waals surface area (Å²) in [7, 11) is 0. The van der Waals surface area contributed by atoms with Crippen molar-refractivity contribution < 1.29 is 9.53 Å². The highest BCUT2D eigenvalue weighted by Gasteiger charge is 2.21. The van der Waals surface area contributed by atoms with E-state index >= 15 is 0 Å². The quantitative estimate of drug-likeness (QED) is 0.909. The van der Waals surface area contributed by atoms with Gasteiger partial charge in [-0.15, -0.1) is 0 Å². The fourth-order valence-corrected chi connectivity index (χ4v) is 3.69. The Kier molecular flexibility index (Phi) is 5.10. The first-order chi connectivity index (χ1) is 10.7. The van der Waals surface area contributed by atoms with Crippen LogP contribution >= 0.6 is 11.8 Å². The van der Waals surface area contributed by atoms with Crippen molar-refractivity contribution in [1.29, 1.82) is 0 Å². The largest absolute Gasteiger partial charge is 0.375 e. The van der Waals surface area contributed by atoms with Gasteiger partial charge in [0, 0.05) is 49.1 Å². The molecule has 1 atom stereocenters. The Hall–Kier alpha value is -1.40. The fraction of sp³-hybridized carbons (Fsp3) is 0.562. The highest BCUT2D eigenvalue weighted by Crippen LogP contribution is 2.21. The molecule has 3 rings (SSSR count). The summed E-state index contributed by atoms with van der Waals surface area (Å²) in [6.45, 7) is 6.10. The molecule has 0 unspecified atom stereocenters. The maximum atomic E-state index is 12.2. The molecule has 0 bridgehead atoms. The number of thioether (sulfide) groups is 1. The highest BCUT2D eigenvalue weighted by molar-refractivity contribution is 7.99. The maximum absolute atomic E-state index is 12.2. The Labute approximate surface area is 136 Å². The summed E-state index contributed by atoms with van der Waals surface area (Å²) < 4.78 is 5.46. The molecule has 0 aromatic heterocycles. The number of morpholine rings is 1. The summed E-state index contributed by atoms with van der Waals surface area (Å²) >= 11 is 2.01. The van der Waals surface area contributed by atoms with E-state index in [1.807, 2.05) is 35.7 Å². The molecule has 0 radical (unpaired) electrons. The van der Waals surface area contributed by atoms with Crippen LogP contribution in [0, 0.1) is 0 Å². The van der Waals surface area contributed by atoms with Gasteiger partial charge in [0.05, 0.1) is 12.7 Å². The molecule has 2 amide bonds. The monoisotopic (exact) mass is 321 g/mol. The number of rotatable bonds is 2. The molecule has 2 aliphatic rings. The van der Waals surface area contributed by atoms with Crippen molar-refractivity contribution in [2.75, 3.05) is 54.5 Å². The number of amides is 2. The minimum atomic E-state index is -0.0442. The molecule has 2 fully saturated rings. The van der Waals surface area contributed by atoms with Crippen LogP contribution in [0.4, 0.5) is 16.2 Å². The fourth-order valence-electron chi connectivity index (χ4n) is 2.78. The third-order valence-electron chi connectivity index (χ3n) is 4.02. The number of carbonyl (C=O) groups excluding carboxylic acids is 1. The van der Waals surface area contributed by atoms with E-state index < -0.39 is 0 Å². The van der Waals surface area contributed by atoms with E-state index in [2.05, 4.69) is 22.3 Å². The normalized spacial score (nSPS) is 22.5. The van der Waals surface area contributed by atoms with Crippen LogP contribution in [0.2, 0.25) is 0 Å². The lowest BCUT2D eigenvalue weighted by Crippen LogP contribution is -2.46. The molecule has 22 heavy (non-hydrogen) atoms. The van der Waals surface area contributed by atoms with Crippen molar-refractivity contribution in [2.45, 2.75) is 13.0 Å². The van der Waals surface area contributed by atoms with Crippen LogP contribution in [0.15, 0.2) is 24.3 Å². The average Bonchev–Trinajstić information content (AvgIpc) is 2.56. The van der Waals surface area contributed by atoms with Crippen LogP contribution in [-0.4, -0.2) is 61.3 Å². The first kappa shape index (κ1) is 15.5. The Morgan fingerprint density at radius 3 is 2.64 bits per heavy atom. The zero-order valence-electron chi connectivity index (χ0n) is 13.0. The molecule has 0 saturated carbocycles. The second-order valence-corrected chi connectivity index (χ2v) is 6.93. The summed E-state index contributed by atoms with van der Waals surface area (Å²) in [5.74, 6) is 2.38. The van der Waals surface area contributed by atoms with Crippen LogP contribution in [0.3, 0.4) is 0 Å². The van der Waals surface area contributed by atoms with Gasteiger partial charge in [0.15, 0.2) is 0 Å². The van der Waals surface area contributed by atoms with Gasteiger partial charge in [0.1, 0.15) is 0 Å². The number of nitrogens with one attached hydrogen (secondary N) is 1. The lowest BCUT2D eigenvalue weighted by Gasteiger charge is -2.31. The first-order valence-corrected chi connectivity index (χ1v) is 8.98. The summed E-state index contributed by atoms with van der Waals surface area (Å²) in [5, 5.41) is 2.97. The van der Waals surface area contributed by atoms with Crippen LogP contribution in [0.25, 0.3) is 0 Å². The van der Waals surface area contributed by atoms with Gasteiger partial charge in [-0.25, -0.2) is 4.79 Å². The van der Waals surface area contributed by atoms with Gasteiger partial charge >= 0.3 is 6.03 Å². The van der Waals surface area contributed by atoms with E-state index in [4.69, 9.17) is 4.74 Å². The molecule has 6 heteroatoms. The molecule has 2 aliphatic heterocycles. The molecule has 5 nitrogen and oxygen atoms in total. The lowest BCUT2D eigenvalue weighted by molar-refractivity contribution is -0.00138. The summed E-state index contributed by atoms with van der Waals surface area (Å²) in [6.07, 6.45) is 0.110. The Balaban J connectivity index is 1.57. The molecule has 0 aliphatic carbocycles. The van der Waals surface area contributed by atoms with Gasteiger partial charge in [-0.05, 0) is 31.2 Å². The molecular formula is C16H23N3O2S. The third kappa shape index (κ3) is 3.87. The van der Waals surface area contributed by atoms with Gasteiger partial charge in [-0.1, -0.05) is 0 Å². The predicted octanol–water partition coefficient (Wildman–Crippen LogP) is 2.49. The van der Waals surface area contributed by atoms with Crippen LogP contribution in [-0.2, 0) is 4.74 Å². The number of anilines is 2. The molecule has 1 aromatic carbocycles. The van der Waals surface area contributed by atoms with E-state index in [9.17, 15) is 4.79 Å². The SMILES string of the molecule is C[C@H]1CN(C(=O)Nc2ccc(N3CCSCC3)cc2)CCO1. The second kappa shape index (κ2) is 7.24. The molecule has 2 heterocycles. The Morgan fingerprint density at radius 2 is 1.95 bits per heavy atom. The van der Waals surface area contributed by atoms with E-state index in [0.29, 0.717) is 19.7 Å². The smallest absolute Gasteiger partial charge is 0.322 e. The maximum Gasteiger partial charge on any atom is 0.322 e. The number of hydrogen-bond donors (Lipinski definition) is 1. The number of nitrogens with zero attached hydrogens (tertiary/aromatic N) is 2. The molecule has 120 valence electrons. The van der Waals surface area contributed by atoms with E-state index in [-0.39, 0.29) is 12.1 Å². The number of carbonyl (C=O) groups is 1. The number of hydrogen-bond acceptors (Lipinski definition) is 4. The predicted molar refractivity (Wildman–Crippen MR) is 92.0 cm³/mol. The summed E-state index contributed by atoms with van der Waals surface area (Å²) in [4.78, 5) is 16.4. The average molecular weight is 321 g/mol. The van der Waals surface area contributed by atoms with Crippen molar-refractivity contribution in [3.8, 4) is 0 Å². The number of ether oxygens (including phenoxy) is 1. The van der Waals surface area contributed by atoms with Crippen LogP contribution in [0.1, 0.15) is 6.92 Å². The van der Waals surface area contributed by atoms with E-state index in [1.54, 1.807) is 0 Å². The van der Waals surface area contributed by atoms with Gasteiger partial charge in [-0.3, -0.25) is 0 Å². The molecule has 1 N–H and O–H groups in total. The van der Waals surface area contributed by atoms with E-state index in [1.165, 1.54) is 17.2 Å². The van der Waals surface area contributed by atoms with Gasteiger partial charge in [0.2, 0.25) is 0 Å². The third-order valence-corrected chi connectivity index (χ3v) is 4.97. The minimum Gasteiger partial charge on any atom is -0.375 e. The van der Waals surface area contributed by atoms with E-state index in [0.717, 1.165) is 18.8 Å². The highest BCUT2D eigenvalue weighted by atomic mass is 32.2. The van der Waals surface area contributed by atoms with Crippen molar-refractivity contribution in [2.24, 2.45) is 0 Å². The zero-order valence-corrected chi connectivity index (χ0v) is 13.8. The van der Waals surface area contributed by atoms with Crippen molar-refractivity contribution in [1.82, 2.24) is 4.90 Å². The lowest BCUT2D eigenvalue weighted by atomic mass is 10.2. The number of urea groups is 1. The van der Waals surface area contributed by atoms with Crippen LogP contribution < -0.4 is 10.2 Å². The van der Waals surface area contributed by atoms with Gasteiger partial charge in [0.25, 0.3) is 0 Å². The Morgan fingerprint density at radius 1 is 1.23 bits per heavy atom.